The smallest absolute Gasteiger partial charge is 0.345 e. The predicted molar refractivity (Wildman–Crippen MR) is 134 cm³/mol. The van der Waals surface area contributed by atoms with Crippen molar-refractivity contribution in [1.29, 1.82) is 0 Å². The van der Waals surface area contributed by atoms with Crippen LogP contribution in [-0.4, -0.2) is 12.1 Å². The third-order valence-electron chi connectivity index (χ3n) is 6.16. The van der Waals surface area contributed by atoms with Crippen LogP contribution in [0.5, 0.6) is 5.75 Å². The van der Waals surface area contributed by atoms with Crippen LogP contribution in [0.15, 0.2) is 86.4 Å². The second-order valence-electron chi connectivity index (χ2n) is 8.53. The molecule has 0 radical (unpaired) electrons. The van der Waals surface area contributed by atoms with Crippen molar-refractivity contribution in [2.75, 3.05) is 7.11 Å². The molecular formula is C29H21NO4. The zero-order valence-corrected chi connectivity index (χ0v) is 19.0. The van der Waals surface area contributed by atoms with Crippen molar-refractivity contribution in [2.45, 2.75) is 13.8 Å². The van der Waals surface area contributed by atoms with Gasteiger partial charge in [0.05, 0.1) is 18.4 Å². The van der Waals surface area contributed by atoms with E-state index in [0.29, 0.717) is 28.2 Å². The lowest BCUT2D eigenvalue weighted by atomic mass is 10.0. The number of aryl methyl sites for hydroxylation is 2. The summed E-state index contributed by atoms with van der Waals surface area (Å²) in [5, 5.41) is 1.68. The van der Waals surface area contributed by atoms with Gasteiger partial charge in [-0.1, -0.05) is 53.6 Å². The van der Waals surface area contributed by atoms with Crippen molar-refractivity contribution in [2.24, 2.45) is 0 Å². The molecule has 5 heteroatoms. The van der Waals surface area contributed by atoms with Gasteiger partial charge < -0.3 is 13.6 Å². The molecule has 0 spiro atoms. The van der Waals surface area contributed by atoms with Crippen LogP contribution in [0.2, 0.25) is 0 Å². The highest BCUT2D eigenvalue weighted by Gasteiger charge is 2.19. The van der Waals surface area contributed by atoms with Gasteiger partial charge in [-0.25, -0.2) is 9.78 Å². The van der Waals surface area contributed by atoms with Gasteiger partial charge in [0.1, 0.15) is 11.1 Å². The fourth-order valence-corrected chi connectivity index (χ4v) is 4.39. The van der Waals surface area contributed by atoms with Crippen LogP contribution in [0.25, 0.3) is 55.4 Å². The first-order chi connectivity index (χ1) is 16.5. The predicted octanol–water partition coefficient (Wildman–Crippen LogP) is 7.05. The highest BCUT2D eigenvalue weighted by Crippen LogP contribution is 2.38. The topological polar surface area (TPSA) is 65.5 Å². The average Bonchev–Trinajstić information content (AvgIpc) is 3.21. The Morgan fingerprint density at radius 2 is 1.59 bits per heavy atom. The number of hydrogen-bond donors (Lipinski definition) is 0. The number of ether oxygens (including phenoxy) is 1. The van der Waals surface area contributed by atoms with Gasteiger partial charge in [-0.05, 0) is 49.7 Å². The van der Waals surface area contributed by atoms with E-state index < -0.39 is 5.63 Å². The largest absolute Gasteiger partial charge is 0.493 e. The van der Waals surface area contributed by atoms with E-state index in [1.165, 1.54) is 5.56 Å². The van der Waals surface area contributed by atoms with E-state index in [1.54, 1.807) is 13.2 Å². The number of methoxy groups -OCH3 is 1. The average molecular weight is 447 g/mol. The second kappa shape index (κ2) is 7.59. The second-order valence-corrected chi connectivity index (χ2v) is 8.53. The molecular weight excluding hydrogens is 426 g/mol. The summed E-state index contributed by atoms with van der Waals surface area (Å²) in [4.78, 5) is 18.0. The van der Waals surface area contributed by atoms with Crippen molar-refractivity contribution < 1.29 is 13.6 Å². The molecule has 6 aromatic rings. The normalized spacial score (nSPS) is 11.5. The Balaban J connectivity index is 1.69. The van der Waals surface area contributed by atoms with E-state index in [0.717, 1.165) is 38.6 Å². The third kappa shape index (κ3) is 3.17. The Labute approximate surface area is 195 Å². The van der Waals surface area contributed by atoms with Crippen molar-refractivity contribution in [3.8, 4) is 28.1 Å². The van der Waals surface area contributed by atoms with E-state index in [1.807, 2.05) is 43.3 Å². The van der Waals surface area contributed by atoms with Crippen LogP contribution in [0.3, 0.4) is 0 Å². The Bertz CT molecular complexity index is 1780. The number of hydrogen-bond acceptors (Lipinski definition) is 5. The molecule has 0 aliphatic rings. The number of nitrogens with zero attached hydrogens (tertiary/aromatic N) is 1. The minimum Gasteiger partial charge on any atom is -0.493 e. The highest BCUT2D eigenvalue weighted by atomic mass is 16.5. The molecule has 34 heavy (non-hydrogen) atoms. The fraction of sp³-hybridized carbons (Fsp3) is 0.103. The first-order valence-electron chi connectivity index (χ1n) is 11.0. The maximum atomic E-state index is 13.1. The molecule has 0 unspecified atom stereocenters. The molecule has 0 aliphatic carbocycles. The quantitative estimate of drug-likeness (QED) is 0.272. The molecule has 166 valence electrons. The van der Waals surface area contributed by atoms with Crippen LogP contribution < -0.4 is 10.4 Å². The molecule has 0 bridgehead atoms. The van der Waals surface area contributed by atoms with E-state index in [-0.39, 0.29) is 0 Å². The van der Waals surface area contributed by atoms with Gasteiger partial charge in [0.15, 0.2) is 16.9 Å². The molecule has 0 amide bonds. The van der Waals surface area contributed by atoms with Crippen LogP contribution >= 0.6 is 0 Å². The molecule has 0 saturated heterocycles. The van der Waals surface area contributed by atoms with Gasteiger partial charge in [0, 0.05) is 16.3 Å². The standard InChI is InChI=1S/C29H21NO4/c1-16-7-10-18(11-8-16)20-15-23(30-26-22-13-17(2)9-12-24(22)33-28(20)26)21-14-19-5-4-6-25(32-3)27(19)34-29(21)31/h4-15H,1-3H3. The number of para-hydroxylation sites is 1. The molecule has 5 nitrogen and oxygen atoms in total. The lowest BCUT2D eigenvalue weighted by Crippen LogP contribution is -2.05. The summed E-state index contributed by atoms with van der Waals surface area (Å²) in [7, 11) is 1.55. The third-order valence-corrected chi connectivity index (χ3v) is 6.16. The lowest BCUT2D eigenvalue weighted by Gasteiger charge is -2.08. The van der Waals surface area contributed by atoms with Gasteiger partial charge in [0.25, 0.3) is 0 Å². The molecule has 3 aromatic heterocycles. The van der Waals surface area contributed by atoms with Gasteiger partial charge >= 0.3 is 5.63 Å². The van der Waals surface area contributed by atoms with Crippen LogP contribution in [0, 0.1) is 13.8 Å². The lowest BCUT2D eigenvalue weighted by molar-refractivity contribution is 0.407. The molecule has 3 aromatic carbocycles. The zero-order chi connectivity index (χ0) is 23.4. The summed E-state index contributed by atoms with van der Waals surface area (Å²) in [5.41, 5.74) is 7.18. The van der Waals surface area contributed by atoms with Crippen LogP contribution in [-0.2, 0) is 0 Å². The first-order valence-corrected chi connectivity index (χ1v) is 11.0. The first kappa shape index (κ1) is 20.2. The Hall–Kier alpha value is -4.38. The zero-order valence-electron chi connectivity index (χ0n) is 19.0. The molecule has 0 fully saturated rings. The SMILES string of the molecule is COc1cccc2cc(-c3cc(-c4ccc(C)cc4)c4oc5ccc(C)cc5c4n3)c(=O)oc12. The molecule has 0 saturated carbocycles. The van der Waals surface area contributed by atoms with Crippen molar-refractivity contribution in [1.82, 2.24) is 4.98 Å². The molecule has 0 aliphatic heterocycles. The number of benzene rings is 3. The van der Waals surface area contributed by atoms with Gasteiger partial charge in [-0.2, -0.15) is 0 Å². The molecule has 0 N–H and O–H groups in total. The Kier molecular flexibility index (Phi) is 4.52. The number of pyridine rings is 1. The van der Waals surface area contributed by atoms with E-state index in [2.05, 4.69) is 37.3 Å². The Morgan fingerprint density at radius 1 is 0.794 bits per heavy atom. The van der Waals surface area contributed by atoms with Gasteiger partial charge in [-0.15, -0.1) is 0 Å². The van der Waals surface area contributed by atoms with Crippen LogP contribution in [0.1, 0.15) is 11.1 Å². The van der Waals surface area contributed by atoms with E-state index in [4.69, 9.17) is 18.6 Å². The summed E-state index contributed by atoms with van der Waals surface area (Å²) < 4.78 is 17.3. The van der Waals surface area contributed by atoms with Gasteiger partial charge in [0.2, 0.25) is 0 Å². The number of rotatable bonds is 3. The summed E-state index contributed by atoms with van der Waals surface area (Å²) in [6.45, 7) is 4.09. The van der Waals surface area contributed by atoms with Crippen LogP contribution in [0.4, 0.5) is 0 Å². The minimum atomic E-state index is -0.470. The van der Waals surface area contributed by atoms with E-state index in [9.17, 15) is 4.79 Å². The maximum absolute atomic E-state index is 13.1. The fourth-order valence-electron chi connectivity index (χ4n) is 4.39. The number of fused-ring (bicyclic) bond motifs is 4. The summed E-state index contributed by atoms with van der Waals surface area (Å²) in [6, 6.07) is 23.5. The van der Waals surface area contributed by atoms with Crippen molar-refractivity contribution >= 4 is 33.0 Å². The maximum Gasteiger partial charge on any atom is 0.345 e. The number of aromatic nitrogens is 1. The van der Waals surface area contributed by atoms with Crippen molar-refractivity contribution in [3.05, 3.63) is 94.3 Å². The van der Waals surface area contributed by atoms with Gasteiger partial charge in [-0.3, -0.25) is 0 Å². The summed E-state index contributed by atoms with van der Waals surface area (Å²) in [5.74, 6) is 0.515. The summed E-state index contributed by atoms with van der Waals surface area (Å²) in [6.07, 6.45) is 0. The highest BCUT2D eigenvalue weighted by molar-refractivity contribution is 6.08. The molecule has 3 heterocycles. The molecule has 0 atom stereocenters. The number of furan rings is 1. The van der Waals surface area contributed by atoms with Crippen molar-refractivity contribution in [3.63, 3.8) is 0 Å². The molecule has 6 rings (SSSR count). The minimum absolute atomic E-state index is 0.387. The monoisotopic (exact) mass is 447 g/mol. The Morgan fingerprint density at radius 3 is 2.38 bits per heavy atom. The summed E-state index contributed by atoms with van der Waals surface area (Å²) >= 11 is 0. The van der Waals surface area contributed by atoms with E-state index >= 15 is 0 Å².